The Bertz CT molecular complexity index is 743. The SMILES string of the molecule is Cc1ccc(C)c(NC(=O)[C@@H](C)OC(=O)c2cccc(Cl)c2)c1. The van der Waals surface area contributed by atoms with Crippen LogP contribution < -0.4 is 5.32 Å². The molecule has 0 aliphatic rings. The Hall–Kier alpha value is -2.33. The summed E-state index contributed by atoms with van der Waals surface area (Å²) in [4.78, 5) is 24.2. The van der Waals surface area contributed by atoms with E-state index >= 15 is 0 Å². The van der Waals surface area contributed by atoms with E-state index in [9.17, 15) is 9.59 Å². The number of aryl methyl sites for hydroxylation is 2. The lowest BCUT2D eigenvalue weighted by Gasteiger charge is -2.15. The van der Waals surface area contributed by atoms with Crippen LogP contribution >= 0.6 is 11.6 Å². The van der Waals surface area contributed by atoms with Gasteiger partial charge in [0.25, 0.3) is 5.91 Å². The molecule has 2 aromatic carbocycles. The number of halogens is 1. The van der Waals surface area contributed by atoms with E-state index in [2.05, 4.69) is 5.32 Å². The molecule has 0 fully saturated rings. The van der Waals surface area contributed by atoms with Crippen molar-refractivity contribution in [2.75, 3.05) is 5.32 Å². The summed E-state index contributed by atoms with van der Waals surface area (Å²) in [7, 11) is 0. The molecule has 0 unspecified atom stereocenters. The molecule has 2 aromatic rings. The molecule has 0 spiro atoms. The molecule has 1 N–H and O–H groups in total. The Morgan fingerprint density at radius 2 is 1.87 bits per heavy atom. The van der Waals surface area contributed by atoms with Gasteiger partial charge < -0.3 is 10.1 Å². The summed E-state index contributed by atoms with van der Waals surface area (Å²) < 4.78 is 5.19. The van der Waals surface area contributed by atoms with Crippen LogP contribution in [-0.2, 0) is 9.53 Å². The van der Waals surface area contributed by atoms with Crippen LogP contribution in [0.1, 0.15) is 28.4 Å². The van der Waals surface area contributed by atoms with Gasteiger partial charge in [0.1, 0.15) is 0 Å². The first-order valence-electron chi connectivity index (χ1n) is 7.21. The van der Waals surface area contributed by atoms with Crippen LogP contribution in [0.2, 0.25) is 5.02 Å². The standard InChI is InChI=1S/C18H18ClNO3/c1-11-7-8-12(2)16(9-11)20-17(21)13(3)23-18(22)14-5-4-6-15(19)10-14/h4-10,13H,1-3H3,(H,20,21)/t13-/m1/s1. The quantitative estimate of drug-likeness (QED) is 0.857. The maximum atomic E-state index is 12.2. The Morgan fingerprint density at radius 1 is 1.13 bits per heavy atom. The number of anilines is 1. The van der Waals surface area contributed by atoms with Crippen molar-refractivity contribution in [2.24, 2.45) is 0 Å². The monoisotopic (exact) mass is 331 g/mol. The molecule has 0 saturated carbocycles. The van der Waals surface area contributed by atoms with Gasteiger partial charge in [0, 0.05) is 10.7 Å². The summed E-state index contributed by atoms with van der Waals surface area (Å²) in [6.45, 7) is 5.37. The van der Waals surface area contributed by atoms with Crippen LogP contribution in [0.15, 0.2) is 42.5 Å². The molecule has 1 amide bonds. The molecule has 5 heteroatoms. The molecule has 0 bridgehead atoms. The fourth-order valence-corrected chi connectivity index (χ4v) is 2.19. The number of amides is 1. The Kier molecular flexibility index (Phi) is 5.40. The van der Waals surface area contributed by atoms with E-state index in [1.807, 2.05) is 32.0 Å². The smallest absolute Gasteiger partial charge is 0.338 e. The molecule has 2 rings (SSSR count). The van der Waals surface area contributed by atoms with Gasteiger partial charge in [0.05, 0.1) is 5.56 Å². The van der Waals surface area contributed by atoms with Gasteiger partial charge in [-0.3, -0.25) is 4.79 Å². The second-order valence-corrected chi connectivity index (χ2v) is 5.80. The van der Waals surface area contributed by atoms with Gasteiger partial charge in [-0.2, -0.15) is 0 Å². The minimum absolute atomic E-state index is 0.309. The van der Waals surface area contributed by atoms with Gasteiger partial charge in [-0.15, -0.1) is 0 Å². The zero-order chi connectivity index (χ0) is 17.0. The fourth-order valence-electron chi connectivity index (χ4n) is 2.00. The number of hydrogen-bond donors (Lipinski definition) is 1. The van der Waals surface area contributed by atoms with Gasteiger partial charge in [-0.25, -0.2) is 4.79 Å². The first-order valence-corrected chi connectivity index (χ1v) is 7.59. The van der Waals surface area contributed by atoms with E-state index in [1.165, 1.54) is 13.0 Å². The third-order valence-corrected chi connectivity index (χ3v) is 3.60. The fraction of sp³-hybridized carbons (Fsp3) is 0.222. The Balaban J connectivity index is 2.02. The molecule has 1 atom stereocenters. The summed E-state index contributed by atoms with van der Waals surface area (Å²) in [6.07, 6.45) is -0.915. The summed E-state index contributed by atoms with van der Waals surface area (Å²) in [5, 5.41) is 3.21. The van der Waals surface area contributed by atoms with Crippen LogP contribution in [0.5, 0.6) is 0 Å². The molecule has 0 saturated heterocycles. The topological polar surface area (TPSA) is 55.4 Å². The summed E-state index contributed by atoms with van der Waals surface area (Å²) in [5.41, 5.74) is 3.00. The summed E-state index contributed by atoms with van der Waals surface area (Å²) in [6, 6.07) is 12.2. The Morgan fingerprint density at radius 3 is 2.57 bits per heavy atom. The van der Waals surface area contributed by atoms with Gasteiger partial charge in [-0.1, -0.05) is 29.8 Å². The average Bonchev–Trinajstić information content (AvgIpc) is 2.50. The van der Waals surface area contributed by atoms with E-state index in [4.69, 9.17) is 16.3 Å². The normalized spacial score (nSPS) is 11.7. The molecular weight excluding hydrogens is 314 g/mol. The van der Waals surface area contributed by atoms with Crippen molar-refractivity contribution < 1.29 is 14.3 Å². The highest BCUT2D eigenvalue weighted by atomic mass is 35.5. The minimum Gasteiger partial charge on any atom is -0.449 e. The predicted molar refractivity (Wildman–Crippen MR) is 90.9 cm³/mol. The van der Waals surface area contributed by atoms with E-state index < -0.39 is 12.1 Å². The molecule has 120 valence electrons. The van der Waals surface area contributed by atoms with Crippen LogP contribution in [0.25, 0.3) is 0 Å². The number of carbonyl (C=O) groups is 2. The van der Waals surface area contributed by atoms with E-state index in [0.29, 0.717) is 16.3 Å². The molecule has 4 nitrogen and oxygen atoms in total. The number of rotatable bonds is 4. The minimum atomic E-state index is -0.915. The Labute approximate surface area is 140 Å². The van der Waals surface area contributed by atoms with Gasteiger partial charge >= 0.3 is 5.97 Å². The molecule has 0 heterocycles. The molecule has 0 aliphatic carbocycles. The van der Waals surface area contributed by atoms with Crippen molar-refractivity contribution >= 4 is 29.2 Å². The number of nitrogens with one attached hydrogen (secondary N) is 1. The van der Waals surface area contributed by atoms with Gasteiger partial charge in [-0.05, 0) is 56.2 Å². The first-order chi connectivity index (χ1) is 10.9. The van der Waals surface area contributed by atoms with Crippen molar-refractivity contribution in [1.82, 2.24) is 0 Å². The number of benzene rings is 2. The lowest BCUT2D eigenvalue weighted by molar-refractivity contribution is -0.123. The van der Waals surface area contributed by atoms with Crippen LogP contribution in [0.3, 0.4) is 0 Å². The number of hydrogen-bond acceptors (Lipinski definition) is 3. The number of carbonyl (C=O) groups excluding carboxylic acids is 2. The highest BCUT2D eigenvalue weighted by Crippen LogP contribution is 2.17. The maximum absolute atomic E-state index is 12.2. The van der Waals surface area contributed by atoms with E-state index in [1.54, 1.807) is 18.2 Å². The third kappa shape index (κ3) is 4.57. The van der Waals surface area contributed by atoms with Crippen molar-refractivity contribution in [1.29, 1.82) is 0 Å². The largest absolute Gasteiger partial charge is 0.449 e. The predicted octanol–water partition coefficient (Wildman–Crippen LogP) is 4.14. The van der Waals surface area contributed by atoms with Crippen molar-refractivity contribution in [3.63, 3.8) is 0 Å². The first kappa shape index (κ1) is 17.0. The zero-order valence-electron chi connectivity index (χ0n) is 13.2. The molecule has 0 aromatic heterocycles. The van der Waals surface area contributed by atoms with Gasteiger partial charge in [0.2, 0.25) is 0 Å². The van der Waals surface area contributed by atoms with Crippen molar-refractivity contribution in [3.8, 4) is 0 Å². The molecule has 23 heavy (non-hydrogen) atoms. The zero-order valence-corrected chi connectivity index (χ0v) is 14.0. The lowest BCUT2D eigenvalue weighted by atomic mass is 10.1. The van der Waals surface area contributed by atoms with Crippen LogP contribution in [0, 0.1) is 13.8 Å². The maximum Gasteiger partial charge on any atom is 0.338 e. The van der Waals surface area contributed by atoms with E-state index in [0.717, 1.165) is 11.1 Å². The highest BCUT2D eigenvalue weighted by Gasteiger charge is 2.19. The number of ether oxygens (including phenoxy) is 1. The van der Waals surface area contributed by atoms with Crippen molar-refractivity contribution in [2.45, 2.75) is 26.9 Å². The second kappa shape index (κ2) is 7.29. The summed E-state index contributed by atoms with van der Waals surface area (Å²) in [5.74, 6) is -0.967. The van der Waals surface area contributed by atoms with Crippen LogP contribution in [0.4, 0.5) is 5.69 Å². The highest BCUT2D eigenvalue weighted by molar-refractivity contribution is 6.30. The van der Waals surface area contributed by atoms with E-state index in [-0.39, 0.29) is 5.91 Å². The van der Waals surface area contributed by atoms with Crippen molar-refractivity contribution in [3.05, 3.63) is 64.2 Å². The lowest BCUT2D eigenvalue weighted by Crippen LogP contribution is -2.30. The molecular formula is C18H18ClNO3. The van der Waals surface area contributed by atoms with Crippen LogP contribution in [-0.4, -0.2) is 18.0 Å². The second-order valence-electron chi connectivity index (χ2n) is 5.37. The average molecular weight is 332 g/mol. The molecule has 0 radical (unpaired) electrons. The number of esters is 1. The third-order valence-electron chi connectivity index (χ3n) is 3.36. The molecule has 0 aliphatic heterocycles. The summed E-state index contributed by atoms with van der Waals surface area (Å²) >= 11 is 5.84. The van der Waals surface area contributed by atoms with Gasteiger partial charge in [0.15, 0.2) is 6.10 Å².